The van der Waals surface area contributed by atoms with Gasteiger partial charge in [-0.1, -0.05) is 42.5 Å². The fraction of sp³-hybridized carbons (Fsp3) is 0.368. The van der Waals surface area contributed by atoms with Crippen molar-refractivity contribution in [3.63, 3.8) is 0 Å². The number of rotatable bonds is 3. The van der Waals surface area contributed by atoms with Crippen molar-refractivity contribution in [1.29, 1.82) is 0 Å². The monoisotopic (exact) mass is 332 g/mol. The van der Waals surface area contributed by atoms with Gasteiger partial charge in [-0.3, -0.25) is 4.90 Å². The molecule has 4 rings (SSSR count). The van der Waals surface area contributed by atoms with Gasteiger partial charge in [0.2, 0.25) is 0 Å². The molecule has 24 heavy (non-hydrogen) atoms. The summed E-state index contributed by atoms with van der Waals surface area (Å²) in [6.07, 6.45) is -2.41. The van der Waals surface area contributed by atoms with Crippen molar-refractivity contribution < 1.29 is 13.2 Å². The van der Waals surface area contributed by atoms with Crippen LogP contribution in [-0.2, 0) is 18.3 Å². The molecule has 5 heteroatoms. The van der Waals surface area contributed by atoms with Crippen molar-refractivity contribution in [2.75, 3.05) is 6.54 Å². The van der Waals surface area contributed by atoms with Gasteiger partial charge in [-0.2, -0.15) is 13.2 Å². The molecule has 2 aliphatic rings. The summed E-state index contributed by atoms with van der Waals surface area (Å²) in [6, 6.07) is 14.4. The van der Waals surface area contributed by atoms with Crippen LogP contribution < -0.4 is 5.73 Å². The van der Waals surface area contributed by atoms with E-state index in [1.807, 2.05) is 18.2 Å². The molecule has 0 spiro atoms. The van der Waals surface area contributed by atoms with Crippen molar-refractivity contribution in [2.24, 2.45) is 5.73 Å². The van der Waals surface area contributed by atoms with Crippen LogP contribution in [0.3, 0.4) is 0 Å². The first kappa shape index (κ1) is 15.7. The van der Waals surface area contributed by atoms with E-state index in [1.165, 1.54) is 17.7 Å². The predicted molar refractivity (Wildman–Crippen MR) is 86.1 cm³/mol. The Kier molecular flexibility index (Phi) is 3.48. The molecular weight excluding hydrogens is 313 g/mol. The number of halogens is 3. The maximum absolute atomic E-state index is 13.4. The number of benzene rings is 2. The van der Waals surface area contributed by atoms with Crippen molar-refractivity contribution in [3.05, 3.63) is 70.8 Å². The van der Waals surface area contributed by atoms with Crippen LogP contribution in [0, 0.1) is 0 Å². The lowest BCUT2D eigenvalue weighted by Crippen LogP contribution is -2.37. The first-order valence-corrected chi connectivity index (χ1v) is 8.19. The van der Waals surface area contributed by atoms with Crippen LogP contribution >= 0.6 is 0 Å². The van der Waals surface area contributed by atoms with E-state index in [1.54, 1.807) is 6.07 Å². The van der Waals surface area contributed by atoms with Gasteiger partial charge in [-0.15, -0.1) is 0 Å². The molecule has 0 aromatic heterocycles. The lowest BCUT2D eigenvalue weighted by molar-refractivity contribution is -0.138. The van der Waals surface area contributed by atoms with E-state index in [9.17, 15) is 13.2 Å². The summed E-state index contributed by atoms with van der Waals surface area (Å²) in [5.41, 5.74) is 7.57. The molecule has 2 aromatic rings. The summed E-state index contributed by atoms with van der Waals surface area (Å²) in [4.78, 5) is 2.18. The molecule has 0 amide bonds. The Morgan fingerprint density at radius 2 is 1.75 bits per heavy atom. The van der Waals surface area contributed by atoms with Gasteiger partial charge < -0.3 is 5.73 Å². The summed E-state index contributed by atoms with van der Waals surface area (Å²) in [7, 11) is 0. The highest BCUT2D eigenvalue weighted by atomic mass is 19.4. The molecule has 1 fully saturated rings. The Morgan fingerprint density at radius 1 is 1.04 bits per heavy atom. The molecule has 1 aliphatic carbocycles. The molecule has 0 radical (unpaired) electrons. The smallest absolute Gasteiger partial charge is 0.329 e. The van der Waals surface area contributed by atoms with Crippen molar-refractivity contribution in [1.82, 2.24) is 4.90 Å². The van der Waals surface area contributed by atoms with Crippen molar-refractivity contribution in [3.8, 4) is 0 Å². The van der Waals surface area contributed by atoms with Gasteiger partial charge in [0.15, 0.2) is 0 Å². The molecule has 126 valence electrons. The van der Waals surface area contributed by atoms with Crippen LogP contribution in [0.4, 0.5) is 13.2 Å². The highest BCUT2D eigenvalue weighted by Gasteiger charge is 2.54. The first-order chi connectivity index (χ1) is 11.5. The zero-order valence-electron chi connectivity index (χ0n) is 13.2. The second-order valence-corrected chi connectivity index (χ2v) is 6.65. The molecule has 0 bridgehead atoms. The fourth-order valence-corrected chi connectivity index (χ4v) is 4.12. The number of nitrogens with zero attached hydrogens (tertiary/aromatic N) is 1. The number of hydrogen-bond acceptors (Lipinski definition) is 2. The van der Waals surface area contributed by atoms with Crippen LogP contribution in [0.2, 0.25) is 0 Å². The van der Waals surface area contributed by atoms with Crippen LogP contribution in [0.5, 0.6) is 0 Å². The largest absolute Gasteiger partial charge is 0.416 e. The molecule has 2 nitrogen and oxygen atoms in total. The van der Waals surface area contributed by atoms with Gasteiger partial charge in [0.25, 0.3) is 0 Å². The van der Waals surface area contributed by atoms with E-state index < -0.39 is 11.7 Å². The third-order valence-corrected chi connectivity index (χ3v) is 5.39. The van der Waals surface area contributed by atoms with E-state index in [-0.39, 0.29) is 11.6 Å². The SMILES string of the molecule is NCC1c2cccc(C(F)(F)F)c2CN1C1(c2ccccc2)CC1. The van der Waals surface area contributed by atoms with Crippen LogP contribution in [0.15, 0.2) is 48.5 Å². The standard InChI is InChI=1S/C19H19F3N2/c20-19(21,22)16-8-4-7-14-15(16)12-24(17(14)11-23)18(9-10-18)13-5-2-1-3-6-13/h1-8,17H,9-12,23H2. The average Bonchev–Trinajstić information content (AvgIpc) is 3.29. The Balaban J connectivity index is 1.78. The Labute approximate surface area is 139 Å². The maximum Gasteiger partial charge on any atom is 0.416 e. The van der Waals surface area contributed by atoms with E-state index in [2.05, 4.69) is 17.0 Å². The second-order valence-electron chi connectivity index (χ2n) is 6.65. The summed E-state index contributed by atoms with van der Waals surface area (Å²) in [6.45, 7) is 0.630. The third-order valence-electron chi connectivity index (χ3n) is 5.39. The van der Waals surface area contributed by atoms with Crippen molar-refractivity contribution >= 4 is 0 Å². The molecule has 1 saturated carbocycles. The average molecular weight is 332 g/mol. The molecule has 1 aliphatic heterocycles. The second kappa shape index (κ2) is 5.33. The summed E-state index contributed by atoms with van der Waals surface area (Å²) >= 11 is 0. The molecule has 0 saturated heterocycles. The van der Waals surface area contributed by atoms with E-state index in [0.717, 1.165) is 18.4 Å². The lowest BCUT2D eigenvalue weighted by Gasteiger charge is -2.33. The summed E-state index contributed by atoms with van der Waals surface area (Å²) in [5.74, 6) is 0. The van der Waals surface area contributed by atoms with Gasteiger partial charge >= 0.3 is 6.18 Å². The van der Waals surface area contributed by atoms with Gasteiger partial charge in [-0.05, 0) is 35.6 Å². The highest BCUT2D eigenvalue weighted by Crippen LogP contribution is 2.57. The minimum atomic E-state index is -4.33. The number of fused-ring (bicyclic) bond motifs is 1. The molecule has 1 unspecified atom stereocenters. The molecule has 2 aromatic carbocycles. The van der Waals surface area contributed by atoms with Gasteiger partial charge in [0.1, 0.15) is 0 Å². The van der Waals surface area contributed by atoms with E-state index in [0.29, 0.717) is 18.7 Å². The summed E-state index contributed by atoms with van der Waals surface area (Å²) in [5, 5.41) is 0. The minimum Gasteiger partial charge on any atom is -0.329 e. The normalized spacial score (nSPS) is 22.4. The molecule has 2 N–H and O–H groups in total. The maximum atomic E-state index is 13.4. The van der Waals surface area contributed by atoms with E-state index >= 15 is 0 Å². The highest BCUT2D eigenvalue weighted by molar-refractivity contribution is 5.44. The quantitative estimate of drug-likeness (QED) is 0.912. The van der Waals surface area contributed by atoms with E-state index in [4.69, 9.17) is 5.73 Å². The van der Waals surface area contributed by atoms with Crippen LogP contribution in [0.1, 0.15) is 41.1 Å². The van der Waals surface area contributed by atoms with Gasteiger partial charge in [-0.25, -0.2) is 0 Å². The Hall–Kier alpha value is -1.85. The number of hydrogen-bond donors (Lipinski definition) is 1. The minimum absolute atomic E-state index is 0.162. The van der Waals surface area contributed by atoms with Gasteiger partial charge in [0, 0.05) is 24.7 Å². The predicted octanol–water partition coefficient (Wildman–Crippen LogP) is 4.21. The molecule has 1 atom stereocenters. The molecular formula is C19H19F3N2. The zero-order valence-corrected chi connectivity index (χ0v) is 13.2. The number of alkyl halides is 3. The topological polar surface area (TPSA) is 29.3 Å². The summed E-state index contributed by atoms with van der Waals surface area (Å²) < 4.78 is 40.2. The van der Waals surface area contributed by atoms with Crippen LogP contribution in [-0.4, -0.2) is 11.4 Å². The Morgan fingerprint density at radius 3 is 2.33 bits per heavy atom. The zero-order chi connectivity index (χ0) is 16.9. The van der Waals surface area contributed by atoms with Gasteiger partial charge in [0.05, 0.1) is 5.56 Å². The molecule has 1 heterocycles. The number of nitrogens with two attached hydrogens (primary N) is 1. The third kappa shape index (κ3) is 2.26. The fourth-order valence-electron chi connectivity index (χ4n) is 4.12. The van der Waals surface area contributed by atoms with Crippen LogP contribution in [0.25, 0.3) is 0 Å². The first-order valence-electron chi connectivity index (χ1n) is 8.19. The van der Waals surface area contributed by atoms with Crippen molar-refractivity contribution in [2.45, 2.75) is 37.1 Å². The lowest BCUT2D eigenvalue weighted by atomic mass is 9.98. The Bertz CT molecular complexity index is 751.